The van der Waals surface area contributed by atoms with Gasteiger partial charge >= 0.3 is 5.97 Å². The predicted molar refractivity (Wildman–Crippen MR) is 112 cm³/mol. The third-order valence-electron chi connectivity index (χ3n) is 4.59. The number of ether oxygens (including phenoxy) is 1. The van der Waals surface area contributed by atoms with Gasteiger partial charge in [0.05, 0.1) is 16.8 Å². The highest BCUT2D eigenvalue weighted by Gasteiger charge is 2.11. The molecule has 6 nitrogen and oxygen atoms in total. The fourth-order valence-corrected chi connectivity index (χ4v) is 3.04. The van der Waals surface area contributed by atoms with Crippen molar-refractivity contribution in [1.82, 2.24) is 4.98 Å². The average molecular weight is 399 g/mol. The SMILES string of the molecule is O=C(O)C(=Cc1cc[n+](O)cc1)c1ccc(OCc2ccc3ccccc3n2)cc1. The normalized spacial score (nSPS) is 11.4. The lowest BCUT2D eigenvalue weighted by Crippen LogP contribution is -2.27. The third-order valence-corrected chi connectivity index (χ3v) is 4.59. The Bertz CT molecular complexity index is 1220. The van der Waals surface area contributed by atoms with Crippen LogP contribution in [0.5, 0.6) is 5.75 Å². The summed E-state index contributed by atoms with van der Waals surface area (Å²) in [5.74, 6) is -0.413. The highest BCUT2D eigenvalue weighted by atomic mass is 16.5. The zero-order valence-corrected chi connectivity index (χ0v) is 16.0. The van der Waals surface area contributed by atoms with Gasteiger partial charge in [-0.25, -0.2) is 9.78 Å². The number of fused-ring (bicyclic) bond motifs is 1. The molecule has 4 rings (SSSR count). The molecule has 0 bridgehead atoms. The Kier molecular flexibility index (Phi) is 5.39. The van der Waals surface area contributed by atoms with E-state index >= 15 is 0 Å². The van der Waals surface area contributed by atoms with Crippen LogP contribution in [0.1, 0.15) is 16.8 Å². The summed E-state index contributed by atoms with van der Waals surface area (Å²) in [6, 6.07) is 22.0. The molecule has 0 unspecified atom stereocenters. The molecule has 4 aromatic rings. The van der Waals surface area contributed by atoms with Crippen molar-refractivity contribution in [3.63, 3.8) is 0 Å². The summed E-state index contributed by atoms with van der Waals surface area (Å²) in [5.41, 5.74) is 3.10. The van der Waals surface area contributed by atoms with E-state index in [1.807, 2.05) is 36.4 Å². The van der Waals surface area contributed by atoms with E-state index in [1.165, 1.54) is 12.4 Å². The number of pyridine rings is 2. The van der Waals surface area contributed by atoms with Gasteiger partial charge in [0.1, 0.15) is 12.4 Å². The number of aromatic nitrogens is 2. The molecule has 0 saturated carbocycles. The second-order valence-corrected chi connectivity index (χ2v) is 6.68. The first-order valence-electron chi connectivity index (χ1n) is 9.32. The van der Waals surface area contributed by atoms with Gasteiger partial charge < -0.3 is 9.84 Å². The summed E-state index contributed by atoms with van der Waals surface area (Å²) in [6.45, 7) is 0.316. The molecule has 0 spiro atoms. The fraction of sp³-hybridized carbons (Fsp3) is 0.0417. The first kappa shape index (κ1) is 19.1. The molecule has 0 saturated heterocycles. The van der Waals surface area contributed by atoms with Gasteiger partial charge in [-0.15, -0.1) is 0 Å². The highest BCUT2D eigenvalue weighted by Crippen LogP contribution is 2.22. The first-order chi connectivity index (χ1) is 14.6. The van der Waals surface area contributed by atoms with Crippen LogP contribution in [0.2, 0.25) is 0 Å². The predicted octanol–water partition coefficient (Wildman–Crippen LogP) is 3.96. The number of rotatable bonds is 6. The monoisotopic (exact) mass is 399 g/mol. The molecule has 0 atom stereocenters. The molecule has 0 aliphatic carbocycles. The zero-order valence-electron chi connectivity index (χ0n) is 16.0. The molecule has 2 aromatic carbocycles. The van der Waals surface area contributed by atoms with Crippen molar-refractivity contribution in [2.45, 2.75) is 6.61 Å². The maximum absolute atomic E-state index is 11.7. The van der Waals surface area contributed by atoms with E-state index in [0.717, 1.165) is 21.3 Å². The minimum atomic E-state index is -1.04. The zero-order chi connectivity index (χ0) is 20.9. The second kappa shape index (κ2) is 8.45. The van der Waals surface area contributed by atoms with E-state index in [2.05, 4.69) is 4.98 Å². The molecule has 0 aliphatic heterocycles. The molecule has 2 aromatic heterocycles. The van der Waals surface area contributed by atoms with Crippen molar-refractivity contribution in [3.8, 4) is 5.75 Å². The Balaban J connectivity index is 1.49. The van der Waals surface area contributed by atoms with Crippen LogP contribution in [0.25, 0.3) is 22.6 Å². The largest absolute Gasteiger partial charge is 0.487 e. The average Bonchev–Trinajstić information content (AvgIpc) is 2.77. The van der Waals surface area contributed by atoms with E-state index in [-0.39, 0.29) is 5.57 Å². The molecule has 30 heavy (non-hydrogen) atoms. The van der Waals surface area contributed by atoms with Gasteiger partial charge in [-0.2, -0.15) is 0 Å². The van der Waals surface area contributed by atoms with Gasteiger partial charge in [0.15, 0.2) is 0 Å². The smallest absolute Gasteiger partial charge is 0.336 e. The summed E-state index contributed by atoms with van der Waals surface area (Å²) >= 11 is 0. The summed E-state index contributed by atoms with van der Waals surface area (Å²) in [5, 5.41) is 20.0. The Morgan fingerprint density at radius 3 is 2.43 bits per heavy atom. The minimum absolute atomic E-state index is 0.147. The third kappa shape index (κ3) is 4.44. The summed E-state index contributed by atoms with van der Waals surface area (Å²) in [7, 11) is 0. The maximum Gasteiger partial charge on any atom is 0.336 e. The summed E-state index contributed by atoms with van der Waals surface area (Å²) in [6.07, 6.45) is 4.42. The number of carboxylic acid groups (broad SMARTS) is 1. The van der Waals surface area contributed by atoms with Crippen LogP contribution < -0.4 is 9.47 Å². The van der Waals surface area contributed by atoms with Crippen LogP contribution in [-0.2, 0) is 11.4 Å². The fourth-order valence-electron chi connectivity index (χ4n) is 3.04. The number of para-hydroxylation sites is 1. The molecular formula is C24H19N2O4+. The Hall–Kier alpha value is -4.19. The van der Waals surface area contributed by atoms with Crippen molar-refractivity contribution in [2.24, 2.45) is 0 Å². The van der Waals surface area contributed by atoms with E-state index < -0.39 is 5.97 Å². The minimum Gasteiger partial charge on any atom is -0.487 e. The molecule has 2 heterocycles. The molecule has 148 valence electrons. The van der Waals surface area contributed by atoms with Crippen LogP contribution in [0.15, 0.2) is 85.2 Å². The second-order valence-electron chi connectivity index (χ2n) is 6.68. The number of hydrogen-bond acceptors (Lipinski definition) is 4. The van der Waals surface area contributed by atoms with Crippen LogP contribution in [0.4, 0.5) is 0 Å². The number of benzene rings is 2. The molecule has 0 amide bonds. The quantitative estimate of drug-likeness (QED) is 0.291. The number of nitrogens with zero attached hydrogens (tertiary/aromatic N) is 2. The van der Waals surface area contributed by atoms with Crippen molar-refractivity contribution >= 4 is 28.5 Å². The Labute approximate surface area is 172 Å². The van der Waals surface area contributed by atoms with Gasteiger partial charge in [0, 0.05) is 22.2 Å². The molecule has 0 radical (unpaired) electrons. The van der Waals surface area contributed by atoms with E-state index in [9.17, 15) is 15.1 Å². The van der Waals surface area contributed by atoms with E-state index in [1.54, 1.807) is 42.5 Å². The van der Waals surface area contributed by atoms with Crippen molar-refractivity contribution < 1.29 is 24.6 Å². The first-order valence-corrected chi connectivity index (χ1v) is 9.32. The van der Waals surface area contributed by atoms with Crippen LogP contribution >= 0.6 is 0 Å². The van der Waals surface area contributed by atoms with E-state index in [4.69, 9.17) is 4.74 Å². The number of carbonyl (C=O) groups is 1. The molecule has 0 aliphatic rings. The number of hydrogen-bond donors (Lipinski definition) is 2. The molecule has 6 heteroatoms. The van der Waals surface area contributed by atoms with Crippen LogP contribution in [-0.4, -0.2) is 21.3 Å². The lowest BCUT2D eigenvalue weighted by molar-refractivity contribution is -0.904. The number of carboxylic acids is 1. The maximum atomic E-state index is 11.7. The van der Waals surface area contributed by atoms with Gasteiger partial charge in [-0.3, -0.25) is 5.21 Å². The topological polar surface area (TPSA) is 83.5 Å². The van der Waals surface area contributed by atoms with E-state index in [0.29, 0.717) is 23.5 Å². The lowest BCUT2D eigenvalue weighted by atomic mass is 10.0. The van der Waals surface area contributed by atoms with Crippen LogP contribution in [0, 0.1) is 0 Å². The summed E-state index contributed by atoms with van der Waals surface area (Å²) in [4.78, 5) is 16.3. The van der Waals surface area contributed by atoms with Crippen molar-refractivity contribution in [3.05, 3.63) is 102 Å². The molecular weight excluding hydrogens is 380 g/mol. The van der Waals surface area contributed by atoms with Crippen LogP contribution in [0.3, 0.4) is 0 Å². The summed E-state index contributed by atoms with van der Waals surface area (Å²) < 4.78 is 6.70. The lowest BCUT2D eigenvalue weighted by Gasteiger charge is -2.08. The van der Waals surface area contributed by atoms with Gasteiger partial charge in [0.2, 0.25) is 12.4 Å². The van der Waals surface area contributed by atoms with Gasteiger partial charge in [-0.1, -0.05) is 36.4 Å². The highest BCUT2D eigenvalue weighted by molar-refractivity contribution is 6.20. The standard InChI is InChI=1S/C24H18N2O4/c27-24(28)22(15-17-11-13-26(29)14-12-17)18-6-9-21(10-7-18)30-16-20-8-5-19-3-1-2-4-23(19)25-20/h1-15H,16H2,(H-,27,28,29)/p+1. The Morgan fingerprint density at radius 1 is 0.967 bits per heavy atom. The Morgan fingerprint density at radius 2 is 1.70 bits per heavy atom. The van der Waals surface area contributed by atoms with Gasteiger partial charge in [0.25, 0.3) is 0 Å². The number of aliphatic carboxylic acids is 1. The van der Waals surface area contributed by atoms with Gasteiger partial charge in [-0.05, 0) is 41.5 Å². The van der Waals surface area contributed by atoms with Crippen molar-refractivity contribution in [2.75, 3.05) is 0 Å². The molecule has 0 fully saturated rings. The van der Waals surface area contributed by atoms with Crippen molar-refractivity contribution in [1.29, 1.82) is 0 Å². The molecule has 2 N–H and O–H groups in total.